The fourth-order valence-corrected chi connectivity index (χ4v) is 1.83. The zero-order valence-electron chi connectivity index (χ0n) is 11.0. The van der Waals surface area contributed by atoms with Gasteiger partial charge in [-0.25, -0.2) is 4.39 Å². The molecule has 1 aromatic rings. The van der Waals surface area contributed by atoms with Gasteiger partial charge in [0, 0.05) is 0 Å². The summed E-state index contributed by atoms with van der Waals surface area (Å²) in [6, 6.07) is 4.38. The summed E-state index contributed by atoms with van der Waals surface area (Å²) in [7, 11) is 0. The Morgan fingerprint density at radius 3 is 2.61 bits per heavy atom. The highest BCUT2D eigenvalue weighted by molar-refractivity contribution is 5.79. The fourth-order valence-electron chi connectivity index (χ4n) is 1.83. The molecule has 0 aliphatic carbocycles. The zero-order chi connectivity index (χ0) is 13.2. The second kappa shape index (κ2) is 8.67. The molecule has 0 atom stereocenters. The molecule has 2 nitrogen and oxygen atoms in total. The predicted octanol–water partition coefficient (Wildman–Crippen LogP) is 4.38. The van der Waals surface area contributed by atoms with Gasteiger partial charge >= 0.3 is 0 Å². The molecule has 1 aromatic carbocycles. The minimum Gasteiger partial charge on any atom is -0.490 e. The highest BCUT2D eigenvalue weighted by atomic mass is 19.1. The Morgan fingerprint density at radius 1 is 1.17 bits per heavy atom. The van der Waals surface area contributed by atoms with Crippen molar-refractivity contribution >= 4 is 6.29 Å². The van der Waals surface area contributed by atoms with Crippen LogP contribution in [0.2, 0.25) is 0 Å². The number of carbonyl (C=O) groups is 1. The number of hydrogen-bond donors (Lipinski definition) is 0. The number of benzene rings is 1. The number of carbonyl (C=O) groups excluding carboxylic acids is 1. The van der Waals surface area contributed by atoms with Crippen LogP contribution in [0.3, 0.4) is 0 Å². The molecule has 0 aromatic heterocycles. The van der Waals surface area contributed by atoms with Gasteiger partial charge in [0.05, 0.1) is 12.2 Å². The van der Waals surface area contributed by atoms with Crippen LogP contribution in [0.15, 0.2) is 18.2 Å². The smallest absolute Gasteiger partial charge is 0.165 e. The van der Waals surface area contributed by atoms with E-state index in [9.17, 15) is 9.18 Å². The summed E-state index contributed by atoms with van der Waals surface area (Å²) in [5.41, 5.74) is 0.279. The maximum Gasteiger partial charge on any atom is 0.165 e. The SMILES string of the molecule is CCCCCCCCOc1c(F)cccc1C=O. The molecule has 0 saturated heterocycles. The van der Waals surface area contributed by atoms with Crippen molar-refractivity contribution in [1.29, 1.82) is 0 Å². The van der Waals surface area contributed by atoms with E-state index in [2.05, 4.69) is 6.92 Å². The molecule has 0 amide bonds. The summed E-state index contributed by atoms with van der Waals surface area (Å²) in [5, 5.41) is 0. The molecular formula is C15H21FO2. The maximum absolute atomic E-state index is 13.4. The van der Waals surface area contributed by atoms with Crippen LogP contribution in [-0.2, 0) is 0 Å². The van der Waals surface area contributed by atoms with E-state index in [4.69, 9.17) is 4.74 Å². The molecule has 18 heavy (non-hydrogen) atoms. The van der Waals surface area contributed by atoms with Crippen LogP contribution >= 0.6 is 0 Å². The van der Waals surface area contributed by atoms with Crippen molar-refractivity contribution in [1.82, 2.24) is 0 Å². The number of unbranched alkanes of at least 4 members (excludes halogenated alkanes) is 5. The molecule has 0 heterocycles. The van der Waals surface area contributed by atoms with Gasteiger partial charge in [0.25, 0.3) is 0 Å². The van der Waals surface area contributed by atoms with E-state index in [1.54, 1.807) is 6.07 Å². The van der Waals surface area contributed by atoms with Gasteiger partial charge < -0.3 is 4.74 Å². The van der Waals surface area contributed by atoms with Crippen LogP contribution in [0, 0.1) is 5.82 Å². The van der Waals surface area contributed by atoms with Crippen LogP contribution in [0.4, 0.5) is 4.39 Å². The van der Waals surface area contributed by atoms with E-state index < -0.39 is 5.82 Å². The van der Waals surface area contributed by atoms with E-state index >= 15 is 0 Å². The Kier molecular flexibility index (Phi) is 7.07. The van der Waals surface area contributed by atoms with Gasteiger partial charge in [0.1, 0.15) is 0 Å². The molecule has 0 fully saturated rings. The summed E-state index contributed by atoms with van der Waals surface area (Å²) in [4.78, 5) is 10.7. The molecular weight excluding hydrogens is 231 g/mol. The number of hydrogen-bond acceptors (Lipinski definition) is 2. The lowest BCUT2D eigenvalue weighted by Gasteiger charge is -2.09. The third kappa shape index (κ3) is 4.86. The van der Waals surface area contributed by atoms with E-state index in [1.165, 1.54) is 37.8 Å². The maximum atomic E-state index is 13.4. The molecule has 1 rings (SSSR count). The minimum absolute atomic E-state index is 0.0843. The van der Waals surface area contributed by atoms with Gasteiger partial charge in [-0.2, -0.15) is 0 Å². The first-order valence-electron chi connectivity index (χ1n) is 6.66. The Hall–Kier alpha value is -1.38. The molecule has 0 aliphatic rings. The van der Waals surface area contributed by atoms with Crippen molar-refractivity contribution in [3.63, 3.8) is 0 Å². The van der Waals surface area contributed by atoms with Crippen molar-refractivity contribution in [2.45, 2.75) is 45.4 Å². The van der Waals surface area contributed by atoms with Crippen LogP contribution in [-0.4, -0.2) is 12.9 Å². The van der Waals surface area contributed by atoms with Crippen molar-refractivity contribution in [3.8, 4) is 5.75 Å². The molecule has 0 spiro atoms. The van der Waals surface area contributed by atoms with E-state index in [-0.39, 0.29) is 11.3 Å². The summed E-state index contributed by atoms with van der Waals surface area (Å²) >= 11 is 0. The van der Waals surface area contributed by atoms with Crippen molar-refractivity contribution in [2.24, 2.45) is 0 Å². The number of aldehydes is 1. The van der Waals surface area contributed by atoms with Crippen LogP contribution < -0.4 is 4.74 Å². The number of ether oxygens (including phenoxy) is 1. The molecule has 0 N–H and O–H groups in total. The molecule has 0 saturated carbocycles. The van der Waals surface area contributed by atoms with Gasteiger partial charge in [-0.05, 0) is 18.6 Å². The zero-order valence-corrected chi connectivity index (χ0v) is 11.0. The molecule has 0 radical (unpaired) electrons. The van der Waals surface area contributed by atoms with Crippen LogP contribution in [0.5, 0.6) is 5.75 Å². The lowest BCUT2D eigenvalue weighted by molar-refractivity contribution is 0.111. The van der Waals surface area contributed by atoms with Gasteiger partial charge in [-0.3, -0.25) is 4.79 Å². The first-order valence-corrected chi connectivity index (χ1v) is 6.66. The normalized spacial score (nSPS) is 10.3. The van der Waals surface area contributed by atoms with E-state index in [0.29, 0.717) is 12.9 Å². The standard InChI is InChI=1S/C15H21FO2/c1-2-3-4-5-6-7-11-18-15-13(12-17)9-8-10-14(15)16/h8-10,12H,2-7,11H2,1H3. The van der Waals surface area contributed by atoms with Crippen LogP contribution in [0.1, 0.15) is 55.8 Å². The average Bonchev–Trinajstić information content (AvgIpc) is 2.39. The first-order chi connectivity index (χ1) is 8.79. The molecule has 3 heteroatoms. The third-order valence-corrected chi connectivity index (χ3v) is 2.87. The van der Waals surface area contributed by atoms with E-state index in [1.807, 2.05) is 0 Å². The summed E-state index contributed by atoms with van der Waals surface area (Å²) in [6.45, 7) is 2.65. The third-order valence-electron chi connectivity index (χ3n) is 2.87. The predicted molar refractivity (Wildman–Crippen MR) is 70.7 cm³/mol. The molecule has 100 valence electrons. The molecule has 0 unspecified atom stereocenters. The quantitative estimate of drug-likeness (QED) is 0.481. The largest absolute Gasteiger partial charge is 0.490 e. The second-order valence-electron chi connectivity index (χ2n) is 4.39. The Morgan fingerprint density at radius 2 is 1.89 bits per heavy atom. The Labute approximate surface area is 108 Å². The van der Waals surface area contributed by atoms with Crippen molar-refractivity contribution in [3.05, 3.63) is 29.6 Å². The second-order valence-corrected chi connectivity index (χ2v) is 4.39. The van der Waals surface area contributed by atoms with E-state index in [0.717, 1.165) is 12.8 Å². The first kappa shape index (κ1) is 14.7. The summed E-state index contributed by atoms with van der Waals surface area (Å²) in [6.07, 6.45) is 7.55. The van der Waals surface area contributed by atoms with Gasteiger partial charge in [-0.1, -0.05) is 45.1 Å². The summed E-state index contributed by atoms with van der Waals surface area (Å²) in [5.74, 6) is -0.383. The summed E-state index contributed by atoms with van der Waals surface area (Å²) < 4.78 is 18.8. The number of para-hydroxylation sites is 1. The molecule has 0 bridgehead atoms. The van der Waals surface area contributed by atoms with Crippen molar-refractivity contribution < 1.29 is 13.9 Å². The lowest BCUT2D eigenvalue weighted by atomic mass is 10.1. The van der Waals surface area contributed by atoms with Gasteiger partial charge in [0.15, 0.2) is 17.9 Å². The fraction of sp³-hybridized carbons (Fsp3) is 0.533. The highest BCUT2D eigenvalue weighted by Crippen LogP contribution is 2.21. The Balaban J connectivity index is 2.29. The highest BCUT2D eigenvalue weighted by Gasteiger charge is 2.08. The topological polar surface area (TPSA) is 26.3 Å². The molecule has 0 aliphatic heterocycles. The Bertz CT molecular complexity index is 364. The van der Waals surface area contributed by atoms with Gasteiger partial charge in [-0.15, -0.1) is 0 Å². The van der Waals surface area contributed by atoms with Gasteiger partial charge in [0.2, 0.25) is 0 Å². The number of rotatable bonds is 9. The average molecular weight is 252 g/mol. The monoisotopic (exact) mass is 252 g/mol. The lowest BCUT2D eigenvalue weighted by Crippen LogP contribution is -2.02. The number of halogens is 1. The minimum atomic E-state index is -0.467. The van der Waals surface area contributed by atoms with Crippen LogP contribution in [0.25, 0.3) is 0 Å². The van der Waals surface area contributed by atoms with Crippen molar-refractivity contribution in [2.75, 3.05) is 6.61 Å².